The minimum absolute atomic E-state index is 0.123. The van der Waals surface area contributed by atoms with Gasteiger partial charge in [-0.25, -0.2) is 0 Å². The summed E-state index contributed by atoms with van der Waals surface area (Å²) in [5, 5.41) is 28.7. The first-order valence-electron chi connectivity index (χ1n) is 11.3. The Kier molecular flexibility index (Phi) is 4.99. The Morgan fingerprint density at radius 2 is 1.94 bits per heavy atom. The van der Waals surface area contributed by atoms with Crippen molar-refractivity contribution in [1.29, 1.82) is 0 Å². The van der Waals surface area contributed by atoms with E-state index < -0.39 is 0 Å². The molecule has 5 heteroatoms. The van der Waals surface area contributed by atoms with Crippen LogP contribution in [0.3, 0.4) is 0 Å². The van der Waals surface area contributed by atoms with Gasteiger partial charge in [-0.1, -0.05) is 13.0 Å². The maximum Gasteiger partial charge on any atom is 0.161 e. The molecule has 2 fully saturated rings. The first kappa shape index (κ1) is 20.1. The van der Waals surface area contributed by atoms with Crippen molar-refractivity contribution in [1.82, 2.24) is 0 Å². The Labute approximate surface area is 183 Å². The van der Waals surface area contributed by atoms with E-state index in [2.05, 4.69) is 18.1 Å². The van der Waals surface area contributed by atoms with Crippen LogP contribution in [0.1, 0.15) is 61.6 Å². The molecule has 0 aromatic heterocycles. The van der Waals surface area contributed by atoms with Gasteiger partial charge in [0.05, 0.1) is 13.3 Å². The summed E-state index contributed by atoms with van der Waals surface area (Å²) in [4.78, 5) is 0. The molecule has 2 aromatic rings. The van der Waals surface area contributed by atoms with Crippen molar-refractivity contribution in [3.63, 3.8) is 0 Å². The van der Waals surface area contributed by atoms with E-state index in [0.717, 1.165) is 24.8 Å². The fourth-order valence-corrected chi connectivity index (χ4v) is 6.46. The van der Waals surface area contributed by atoms with Gasteiger partial charge in [0.2, 0.25) is 0 Å². The minimum Gasteiger partial charge on any atom is -0.508 e. The number of hydrogen-bond acceptors (Lipinski definition) is 5. The molecule has 0 heterocycles. The van der Waals surface area contributed by atoms with E-state index in [1.807, 2.05) is 18.2 Å². The number of aromatic hydroxyl groups is 2. The Morgan fingerprint density at radius 3 is 2.77 bits per heavy atom. The fourth-order valence-electron chi connectivity index (χ4n) is 6.46. The number of fused-ring (bicyclic) bond motifs is 5. The zero-order valence-corrected chi connectivity index (χ0v) is 18.2. The van der Waals surface area contributed by atoms with Gasteiger partial charge < -0.3 is 14.9 Å². The van der Waals surface area contributed by atoms with E-state index in [-0.39, 0.29) is 11.2 Å². The van der Waals surface area contributed by atoms with Crippen LogP contribution in [-0.4, -0.2) is 29.2 Å². The molecule has 0 bridgehead atoms. The van der Waals surface area contributed by atoms with Gasteiger partial charge in [0.1, 0.15) is 5.75 Å². The normalized spacial score (nSPS) is 30.8. The summed E-state index contributed by atoms with van der Waals surface area (Å²) in [5.41, 5.74) is 5.01. The van der Waals surface area contributed by atoms with Crippen LogP contribution < -0.4 is 4.74 Å². The summed E-state index contributed by atoms with van der Waals surface area (Å²) in [6.07, 6.45) is 8.51. The summed E-state index contributed by atoms with van der Waals surface area (Å²) in [5.74, 6) is 2.89. The molecule has 0 saturated heterocycles. The van der Waals surface area contributed by atoms with Crippen molar-refractivity contribution in [2.24, 2.45) is 27.5 Å². The fraction of sp³-hybridized carbons (Fsp3) is 0.462. The van der Waals surface area contributed by atoms with Gasteiger partial charge in [0.25, 0.3) is 0 Å². The highest BCUT2D eigenvalue weighted by Gasteiger charge is 2.53. The molecule has 0 aliphatic heterocycles. The molecular formula is C26H30N2O3. The van der Waals surface area contributed by atoms with E-state index in [1.165, 1.54) is 36.1 Å². The lowest BCUT2D eigenvalue weighted by atomic mass is 9.55. The number of nitrogens with zero attached hydrogens (tertiary/aromatic N) is 2. The lowest BCUT2D eigenvalue weighted by molar-refractivity contribution is 0.0955. The molecule has 0 radical (unpaired) electrons. The number of ether oxygens (including phenoxy) is 1. The van der Waals surface area contributed by atoms with Crippen LogP contribution in [0.25, 0.3) is 0 Å². The second kappa shape index (κ2) is 7.70. The number of aryl methyl sites for hydroxylation is 1. The zero-order valence-electron chi connectivity index (χ0n) is 18.2. The van der Waals surface area contributed by atoms with Gasteiger partial charge in [-0.3, -0.25) is 0 Å². The van der Waals surface area contributed by atoms with Crippen molar-refractivity contribution < 1.29 is 14.9 Å². The second-order valence-corrected chi connectivity index (χ2v) is 9.52. The maximum atomic E-state index is 9.87. The standard InChI is InChI=1S/C26H30N2O3/c1-26-12-11-20-19-7-5-18(29)14-17(19)4-6-21(20)22(26)8-10-25(26)28-27-15-16-3-9-23(30)24(13-16)31-2/h3,5,7,9,13-15,20-22,29-30H,4,6,8,10-12H2,1-2H3/b27-15-,28-25-/t20-,21+,22+,26+/m0/s1. The largest absolute Gasteiger partial charge is 0.508 e. The second-order valence-electron chi connectivity index (χ2n) is 9.52. The van der Waals surface area contributed by atoms with Crippen LogP contribution in [0.2, 0.25) is 0 Å². The van der Waals surface area contributed by atoms with Crippen LogP contribution in [0.5, 0.6) is 17.2 Å². The van der Waals surface area contributed by atoms with Crippen molar-refractivity contribution in [2.75, 3.05) is 7.11 Å². The molecule has 162 valence electrons. The van der Waals surface area contributed by atoms with E-state index in [1.54, 1.807) is 25.5 Å². The van der Waals surface area contributed by atoms with E-state index >= 15 is 0 Å². The Bertz CT molecular complexity index is 1060. The summed E-state index contributed by atoms with van der Waals surface area (Å²) in [6, 6.07) is 11.2. The summed E-state index contributed by atoms with van der Waals surface area (Å²) >= 11 is 0. The van der Waals surface area contributed by atoms with Crippen LogP contribution >= 0.6 is 0 Å². The molecule has 0 amide bonds. The highest BCUT2D eigenvalue weighted by Crippen LogP contribution is 2.60. The first-order valence-corrected chi connectivity index (χ1v) is 11.3. The average molecular weight is 419 g/mol. The predicted octanol–water partition coefficient (Wildman–Crippen LogP) is 5.44. The zero-order chi connectivity index (χ0) is 21.6. The number of phenolic OH excluding ortho intramolecular Hbond substituents is 2. The molecule has 0 spiro atoms. The van der Waals surface area contributed by atoms with Crippen molar-refractivity contribution in [3.8, 4) is 17.2 Å². The smallest absolute Gasteiger partial charge is 0.161 e. The molecule has 4 atom stereocenters. The van der Waals surface area contributed by atoms with Crippen molar-refractivity contribution >= 4 is 11.9 Å². The van der Waals surface area contributed by atoms with Gasteiger partial charge in [0, 0.05) is 11.1 Å². The van der Waals surface area contributed by atoms with Crippen LogP contribution in [0.4, 0.5) is 0 Å². The number of phenols is 2. The van der Waals surface area contributed by atoms with Crippen molar-refractivity contribution in [3.05, 3.63) is 53.1 Å². The summed E-state index contributed by atoms with van der Waals surface area (Å²) in [6.45, 7) is 2.39. The van der Waals surface area contributed by atoms with Gasteiger partial charge in [-0.05, 0) is 103 Å². The Morgan fingerprint density at radius 1 is 1.06 bits per heavy atom. The first-order chi connectivity index (χ1) is 15.0. The number of rotatable bonds is 3. The molecule has 2 N–H and O–H groups in total. The topological polar surface area (TPSA) is 74.4 Å². The van der Waals surface area contributed by atoms with Gasteiger partial charge in [-0.15, -0.1) is 0 Å². The van der Waals surface area contributed by atoms with E-state index in [9.17, 15) is 10.2 Å². The van der Waals surface area contributed by atoms with Crippen molar-refractivity contribution in [2.45, 2.75) is 51.4 Å². The van der Waals surface area contributed by atoms with E-state index in [4.69, 9.17) is 9.84 Å². The Balaban J connectivity index is 1.36. The SMILES string of the molecule is COc1cc(/C=N\N=C2\CC[C@@H]3[C@@H]4CCc5cc(O)ccc5[C@@H]4CC[C@@]23C)ccc1O. The van der Waals surface area contributed by atoms with Crippen LogP contribution in [-0.2, 0) is 6.42 Å². The predicted molar refractivity (Wildman–Crippen MR) is 122 cm³/mol. The van der Waals surface area contributed by atoms with E-state index in [0.29, 0.717) is 29.3 Å². The third-order valence-corrected chi connectivity index (χ3v) is 8.04. The lowest BCUT2D eigenvalue weighted by Crippen LogP contribution is -2.42. The Hall–Kier alpha value is -2.82. The van der Waals surface area contributed by atoms with Gasteiger partial charge in [-0.2, -0.15) is 10.2 Å². The molecule has 0 unspecified atom stereocenters. The number of hydrogen-bond donors (Lipinski definition) is 2. The molecule has 3 aliphatic carbocycles. The van der Waals surface area contributed by atoms with Crippen LogP contribution in [0, 0.1) is 17.3 Å². The molecule has 2 aromatic carbocycles. The molecule has 5 nitrogen and oxygen atoms in total. The van der Waals surface area contributed by atoms with Crippen LogP contribution in [0.15, 0.2) is 46.6 Å². The summed E-state index contributed by atoms with van der Waals surface area (Å²) < 4.78 is 5.17. The number of benzene rings is 2. The summed E-state index contributed by atoms with van der Waals surface area (Å²) in [7, 11) is 1.54. The molecular weight excluding hydrogens is 388 g/mol. The number of methoxy groups -OCH3 is 1. The highest BCUT2D eigenvalue weighted by atomic mass is 16.5. The van der Waals surface area contributed by atoms with Gasteiger partial charge in [0.15, 0.2) is 11.5 Å². The lowest BCUT2D eigenvalue weighted by Gasteiger charge is -2.49. The molecule has 31 heavy (non-hydrogen) atoms. The molecule has 5 rings (SSSR count). The average Bonchev–Trinajstić information content (AvgIpc) is 3.11. The monoisotopic (exact) mass is 418 g/mol. The third kappa shape index (κ3) is 3.40. The highest BCUT2D eigenvalue weighted by molar-refractivity contribution is 5.93. The molecule has 3 aliphatic rings. The molecule has 2 saturated carbocycles. The third-order valence-electron chi connectivity index (χ3n) is 8.04. The minimum atomic E-state index is 0.123. The quantitative estimate of drug-likeness (QED) is 0.515. The maximum absolute atomic E-state index is 9.87. The van der Waals surface area contributed by atoms with Gasteiger partial charge >= 0.3 is 0 Å².